The van der Waals surface area contributed by atoms with Gasteiger partial charge in [0.2, 0.25) is 0 Å². The number of amides is 1. The van der Waals surface area contributed by atoms with Crippen molar-refractivity contribution in [2.24, 2.45) is 5.41 Å². The number of benzene rings is 1. The van der Waals surface area contributed by atoms with Gasteiger partial charge in [0.25, 0.3) is 5.91 Å². The minimum Gasteiger partial charge on any atom is -0.399 e. The van der Waals surface area contributed by atoms with E-state index in [-0.39, 0.29) is 17.9 Å². The summed E-state index contributed by atoms with van der Waals surface area (Å²) in [7, 11) is 0. The van der Waals surface area contributed by atoms with Crippen LogP contribution in [-0.4, -0.2) is 24.2 Å². The number of aliphatic hydroxyl groups excluding tert-OH is 1. The fourth-order valence-corrected chi connectivity index (χ4v) is 1.75. The first-order valence-corrected chi connectivity index (χ1v) is 6.19. The van der Waals surface area contributed by atoms with Gasteiger partial charge in [-0.05, 0) is 36.5 Å². The van der Waals surface area contributed by atoms with Crippen LogP contribution in [-0.2, 0) is 0 Å². The Bertz CT molecular complexity index is 403. The van der Waals surface area contributed by atoms with Crippen molar-refractivity contribution in [3.63, 3.8) is 0 Å². The van der Waals surface area contributed by atoms with Gasteiger partial charge in [-0.1, -0.05) is 19.9 Å². The van der Waals surface area contributed by atoms with Crippen molar-refractivity contribution in [3.05, 3.63) is 29.8 Å². The average molecular weight is 250 g/mol. The highest BCUT2D eigenvalue weighted by molar-refractivity contribution is 5.94. The molecule has 0 atom stereocenters. The molecule has 1 aromatic rings. The molecule has 0 radical (unpaired) electrons. The number of hydrogen-bond acceptors (Lipinski definition) is 3. The monoisotopic (exact) mass is 250 g/mol. The van der Waals surface area contributed by atoms with Crippen molar-refractivity contribution in [1.29, 1.82) is 0 Å². The highest BCUT2D eigenvalue weighted by Crippen LogP contribution is 2.21. The van der Waals surface area contributed by atoms with Crippen LogP contribution in [0.1, 0.15) is 37.0 Å². The standard InChI is InChI=1S/C14H22N2O2/c1-14(2,7-4-8-17)10-16-13(18)11-5-3-6-12(15)9-11/h3,5-6,9,17H,4,7-8,10,15H2,1-2H3,(H,16,18). The number of anilines is 1. The van der Waals surface area contributed by atoms with Crippen molar-refractivity contribution in [2.75, 3.05) is 18.9 Å². The van der Waals surface area contributed by atoms with Gasteiger partial charge in [-0.25, -0.2) is 0 Å². The summed E-state index contributed by atoms with van der Waals surface area (Å²) >= 11 is 0. The minimum atomic E-state index is -0.112. The molecule has 0 unspecified atom stereocenters. The number of rotatable bonds is 6. The number of nitrogens with one attached hydrogen (secondary N) is 1. The molecule has 0 saturated carbocycles. The van der Waals surface area contributed by atoms with E-state index in [2.05, 4.69) is 19.2 Å². The number of nitrogen functional groups attached to an aromatic ring is 1. The SMILES string of the molecule is CC(C)(CCCO)CNC(=O)c1cccc(N)c1. The van der Waals surface area contributed by atoms with Crippen LogP contribution in [0, 0.1) is 5.41 Å². The van der Waals surface area contributed by atoms with E-state index in [0.29, 0.717) is 17.8 Å². The van der Waals surface area contributed by atoms with E-state index in [4.69, 9.17) is 10.8 Å². The van der Waals surface area contributed by atoms with E-state index in [0.717, 1.165) is 12.8 Å². The van der Waals surface area contributed by atoms with Crippen molar-refractivity contribution in [1.82, 2.24) is 5.32 Å². The van der Waals surface area contributed by atoms with Crippen LogP contribution in [0.3, 0.4) is 0 Å². The van der Waals surface area contributed by atoms with Gasteiger partial charge in [0.05, 0.1) is 0 Å². The Labute approximate surface area is 108 Å². The van der Waals surface area contributed by atoms with Gasteiger partial charge in [-0.15, -0.1) is 0 Å². The second kappa shape index (κ2) is 6.40. The van der Waals surface area contributed by atoms with Gasteiger partial charge in [0.15, 0.2) is 0 Å². The summed E-state index contributed by atoms with van der Waals surface area (Å²) in [5.74, 6) is -0.112. The topological polar surface area (TPSA) is 75.3 Å². The molecule has 18 heavy (non-hydrogen) atoms. The number of aliphatic hydroxyl groups is 1. The fraction of sp³-hybridized carbons (Fsp3) is 0.500. The third-order valence-electron chi connectivity index (χ3n) is 2.89. The zero-order valence-electron chi connectivity index (χ0n) is 11.1. The van der Waals surface area contributed by atoms with E-state index in [1.165, 1.54) is 0 Å². The van der Waals surface area contributed by atoms with Gasteiger partial charge in [0, 0.05) is 24.4 Å². The summed E-state index contributed by atoms with van der Waals surface area (Å²) in [6.45, 7) is 4.91. The second-order valence-electron chi connectivity index (χ2n) is 5.30. The minimum absolute atomic E-state index is 0.0152. The summed E-state index contributed by atoms with van der Waals surface area (Å²) in [4.78, 5) is 11.9. The molecule has 0 heterocycles. The van der Waals surface area contributed by atoms with Crippen molar-refractivity contribution >= 4 is 11.6 Å². The highest BCUT2D eigenvalue weighted by Gasteiger charge is 2.18. The van der Waals surface area contributed by atoms with Crippen molar-refractivity contribution in [3.8, 4) is 0 Å². The van der Waals surface area contributed by atoms with Crippen LogP contribution in [0.5, 0.6) is 0 Å². The highest BCUT2D eigenvalue weighted by atomic mass is 16.2. The van der Waals surface area contributed by atoms with Crippen LogP contribution < -0.4 is 11.1 Å². The number of hydrogen-bond donors (Lipinski definition) is 3. The molecule has 1 rings (SSSR count). The summed E-state index contributed by atoms with van der Waals surface area (Å²) in [6.07, 6.45) is 1.63. The quantitative estimate of drug-likeness (QED) is 0.674. The molecular weight excluding hydrogens is 228 g/mol. The van der Waals surface area contributed by atoms with Gasteiger partial charge < -0.3 is 16.2 Å². The molecule has 0 aromatic heterocycles. The van der Waals surface area contributed by atoms with Gasteiger partial charge in [-0.2, -0.15) is 0 Å². The van der Waals surface area contributed by atoms with E-state index in [9.17, 15) is 4.79 Å². The lowest BCUT2D eigenvalue weighted by molar-refractivity contribution is 0.0933. The maximum absolute atomic E-state index is 11.9. The van der Waals surface area contributed by atoms with E-state index in [1.54, 1.807) is 24.3 Å². The lowest BCUT2D eigenvalue weighted by atomic mass is 9.88. The van der Waals surface area contributed by atoms with E-state index in [1.807, 2.05) is 0 Å². The van der Waals surface area contributed by atoms with E-state index < -0.39 is 0 Å². The van der Waals surface area contributed by atoms with Crippen LogP contribution in [0.2, 0.25) is 0 Å². The Kier molecular flexibility index (Phi) is 5.16. The molecule has 0 saturated heterocycles. The molecule has 100 valence electrons. The average Bonchev–Trinajstić information content (AvgIpc) is 2.34. The first-order valence-electron chi connectivity index (χ1n) is 6.19. The van der Waals surface area contributed by atoms with Crippen molar-refractivity contribution < 1.29 is 9.90 Å². The molecule has 4 N–H and O–H groups in total. The first kappa shape index (κ1) is 14.5. The molecule has 0 bridgehead atoms. The van der Waals surface area contributed by atoms with Crippen molar-refractivity contribution in [2.45, 2.75) is 26.7 Å². The number of carbonyl (C=O) groups excluding carboxylic acids is 1. The molecule has 0 fully saturated rings. The van der Waals surface area contributed by atoms with Crippen LogP contribution in [0.15, 0.2) is 24.3 Å². The zero-order chi connectivity index (χ0) is 13.6. The molecule has 1 amide bonds. The normalized spacial score (nSPS) is 11.3. The largest absolute Gasteiger partial charge is 0.399 e. The Morgan fingerprint density at radius 3 is 2.78 bits per heavy atom. The Morgan fingerprint density at radius 2 is 2.17 bits per heavy atom. The molecule has 0 spiro atoms. The molecule has 4 nitrogen and oxygen atoms in total. The molecular formula is C14H22N2O2. The van der Waals surface area contributed by atoms with Crippen LogP contribution in [0.4, 0.5) is 5.69 Å². The zero-order valence-corrected chi connectivity index (χ0v) is 11.1. The molecule has 0 aliphatic rings. The lowest BCUT2D eigenvalue weighted by Crippen LogP contribution is -2.34. The summed E-state index contributed by atoms with van der Waals surface area (Å²) in [5, 5.41) is 11.7. The van der Waals surface area contributed by atoms with E-state index >= 15 is 0 Å². The predicted molar refractivity (Wildman–Crippen MR) is 73.3 cm³/mol. The molecule has 0 aliphatic carbocycles. The maximum Gasteiger partial charge on any atom is 0.251 e. The van der Waals surface area contributed by atoms with Gasteiger partial charge >= 0.3 is 0 Å². The fourth-order valence-electron chi connectivity index (χ4n) is 1.75. The molecule has 0 aliphatic heterocycles. The lowest BCUT2D eigenvalue weighted by Gasteiger charge is -2.24. The third-order valence-corrected chi connectivity index (χ3v) is 2.89. The van der Waals surface area contributed by atoms with Gasteiger partial charge in [-0.3, -0.25) is 4.79 Å². The summed E-state index contributed by atoms with van der Waals surface area (Å²) in [6, 6.07) is 6.92. The third kappa shape index (κ3) is 4.75. The Hall–Kier alpha value is -1.55. The predicted octanol–water partition coefficient (Wildman–Crippen LogP) is 1.80. The van der Waals surface area contributed by atoms with Gasteiger partial charge in [0.1, 0.15) is 0 Å². The summed E-state index contributed by atoms with van der Waals surface area (Å²) < 4.78 is 0. The first-order chi connectivity index (χ1) is 8.44. The summed E-state index contributed by atoms with van der Waals surface area (Å²) in [5.41, 5.74) is 6.78. The smallest absolute Gasteiger partial charge is 0.251 e. The second-order valence-corrected chi connectivity index (χ2v) is 5.30. The maximum atomic E-state index is 11.9. The molecule has 4 heteroatoms. The Balaban J connectivity index is 2.50. The molecule has 1 aromatic carbocycles. The Morgan fingerprint density at radius 1 is 1.44 bits per heavy atom. The number of carbonyl (C=O) groups is 1. The van der Waals surface area contributed by atoms with Crippen LogP contribution in [0.25, 0.3) is 0 Å². The number of nitrogens with two attached hydrogens (primary N) is 1. The van der Waals surface area contributed by atoms with Crippen LogP contribution >= 0.6 is 0 Å².